The molecule has 0 atom stereocenters. The summed E-state index contributed by atoms with van der Waals surface area (Å²) in [5.74, 6) is 1.58. The summed E-state index contributed by atoms with van der Waals surface area (Å²) in [6.07, 6.45) is 6.61. The first-order valence-electron chi connectivity index (χ1n) is 10.0. The largest absolute Gasteiger partial charge is 0.361 e. The highest BCUT2D eigenvalue weighted by Crippen LogP contribution is 2.23. The number of para-hydroxylation sites is 1. The molecule has 9 heteroatoms. The van der Waals surface area contributed by atoms with Gasteiger partial charge in [-0.1, -0.05) is 18.2 Å². The standard InChI is InChI=1S/C21H22N8O/c30-21(24-12-16-11-23-18-4-2-1-3-17(16)18)15-7-9-28(10-8-15)19-5-6-20(27-26-19)29-14-22-13-25-29/h1-6,11,13-15,23H,7-10,12H2,(H,24,30). The van der Waals surface area contributed by atoms with Gasteiger partial charge < -0.3 is 15.2 Å². The molecule has 0 radical (unpaired) electrons. The van der Waals surface area contributed by atoms with Crippen molar-refractivity contribution >= 4 is 22.6 Å². The van der Waals surface area contributed by atoms with Gasteiger partial charge in [-0.3, -0.25) is 4.79 Å². The lowest BCUT2D eigenvalue weighted by molar-refractivity contribution is -0.125. The molecule has 1 fully saturated rings. The number of anilines is 1. The van der Waals surface area contributed by atoms with Crippen molar-refractivity contribution in [3.63, 3.8) is 0 Å². The Morgan fingerprint density at radius 1 is 1.10 bits per heavy atom. The van der Waals surface area contributed by atoms with Crippen LogP contribution in [0.2, 0.25) is 0 Å². The van der Waals surface area contributed by atoms with Crippen LogP contribution < -0.4 is 10.2 Å². The van der Waals surface area contributed by atoms with E-state index in [-0.39, 0.29) is 11.8 Å². The van der Waals surface area contributed by atoms with Crippen molar-refractivity contribution in [3.05, 3.63) is 60.8 Å². The molecule has 0 saturated carbocycles. The van der Waals surface area contributed by atoms with Crippen molar-refractivity contribution in [1.29, 1.82) is 0 Å². The monoisotopic (exact) mass is 402 g/mol. The minimum atomic E-state index is 0.0221. The number of benzene rings is 1. The number of fused-ring (bicyclic) bond motifs is 1. The minimum Gasteiger partial charge on any atom is -0.361 e. The number of hydrogen-bond donors (Lipinski definition) is 2. The third-order valence-electron chi connectivity index (χ3n) is 5.61. The van der Waals surface area contributed by atoms with Gasteiger partial charge >= 0.3 is 0 Å². The van der Waals surface area contributed by atoms with Gasteiger partial charge in [0.15, 0.2) is 11.6 Å². The highest BCUT2D eigenvalue weighted by molar-refractivity contribution is 5.84. The number of amides is 1. The molecule has 0 unspecified atom stereocenters. The summed E-state index contributed by atoms with van der Waals surface area (Å²) in [4.78, 5) is 22.0. The molecule has 1 aliphatic rings. The maximum absolute atomic E-state index is 12.7. The van der Waals surface area contributed by atoms with Gasteiger partial charge in [-0.25, -0.2) is 9.67 Å². The van der Waals surface area contributed by atoms with E-state index in [1.165, 1.54) is 6.33 Å². The average molecular weight is 402 g/mol. The Hall–Kier alpha value is -3.75. The number of aromatic nitrogens is 6. The lowest BCUT2D eigenvalue weighted by Gasteiger charge is -2.31. The maximum Gasteiger partial charge on any atom is 0.223 e. The number of rotatable bonds is 5. The molecule has 9 nitrogen and oxygen atoms in total. The zero-order chi connectivity index (χ0) is 20.3. The van der Waals surface area contributed by atoms with Crippen LogP contribution in [-0.4, -0.2) is 48.9 Å². The quantitative estimate of drug-likeness (QED) is 0.530. The summed E-state index contributed by atoms with van der Waals surface area (Å²) in [6, 6.07) is 11.9. The highest BCUT2D eigenvalue weighted by Gasteiger charge is 2.25. The smallest absolute Gasteiger partial charge is 0.223 e. The molecule has 1 aromatic carbocycles. The number of nitrogens with one attached hydrogen (secondary N) is 2. The first-order chi connectivity index (χ1) is 14.8. The van der Waals surface area contributed by atoms with Crippen LogP contribution >= 0.6 is 0 Å². The van der Waals surface area contributed by atoms with Crippen molar-refractivity contribution in [2.45, 2.75) is 19.4 Å². The third kappa shape index (κ3) is 3.61. The lowest BCUT2D eigenvalue weighted by Crippen LogP contribution is -2.40. The molecule has 1 aliphatic heterocycles. The summed E-state index contributed by atoms with van der Waals surface area (Å²) in [5, 5.41) is 16.8. The Labute approximate surface area is 173 Å². The highest BCUT2D eigenvalue weighted by atomic mass is 16.1. The normalized spacial score (nSPS) is 14.9. The van der Waals surface area contributed by atoms with Gasteiger partial charge in [-0.05, 0) is 36.6 Å². The number of nitrogens with zero attached hydrogens (tertiary/aromatic N) is 6. The molecular weight excluding hydrogens is 380 g/mol. The van der Waals surface area contributed by atoms with Crippen LogP contribution in [-0.2, 0) is 11.3 Å². The van der Waals surface area contributed by atoms with Crippen molar-refractivity contribution in [1.82, 2.24) is 35.3 Å². The topological polar surface area (TPSA) is 105 Å². The summed E-state index contributed by atoms with van der Waals surface area (Å²) < 4.78 is 1.57. The fraction of sp³-hybridized carbons (Fsp3) is 0.286. The Bertz CT molecular complexity index is 1130. The SMILES string of the molecule is O=C(NCc1c[nH]c2ccccc12)C1CCN(c2ccc(-n3cncn3)nn2)CC1. The minimum absolute atomic E-state index is 0.0221. The molecule has 3 aromatic heterocycles. The van der Waals surface area contributed by atoms with Gasteiger partial charge in [0.2, 0.25) is 5.91 Å². The number of H-pyrrole nitrogens is 1. The predicted molar refractivity (Wildman–Crippen MR) is 112 cm³/mol. The fourth-order valence-electron chi connectivity index (χ4n) is 3.91. The summed E-state index contributed by atoms with van der Waals surface area (Å²) in [5.41, 5.74) is 2.20. The molecule has 0 spiro atoms. The molecule has 4 aromatic rings. The molecule has 152 valence electrons. The van der Waals surface area contributed by atoms with Gasteiger partial charge in [-0.15, -0.1) is 10.2 Å². The van der Waals surface area contributed by atoms with Crippen LogP contribution in [0.5, 0.6) is 0 Å². The van der Waals surface area contributed by atoms with Crippen LogP contribution in [0.3, 0.4) is 0 Å². The fourth-order valence-corrected chi connectivity index (χ4v) is 3.91. The van der Waals surface area contributed by atoms with Crippen LogP contribution in [0, 0.1) is 5.92 Å². The van der Waals surface area contributed by atoms with Crippen LogP contribution in [0.25, 0.3) is 16.7 Å². The van der Waals surface area contributed by atoms with Gasteiger partial charge in [0.1, 0.15) is 12.7 Å². The van der Waals surface area contributed by atoms with E-state index in [9.17, 15) is 4.79 Å². The Kier molecular flexibility index (Phi) is 4.84. The van der Waals surface area contributed by atoms with Crippen molar-refractivity contribution < 1.29 is 4.79 Å². The molecule has 0 bridgehead atoms. The van der Waals surface area contributed by atoms with Crippen LogP contribution in [0.15, 0.2) is 55.2 Å². The second kappa shape index (κ2) is 7.94. The second-order valence-electron chi connectivity index (χ2n) is 7.43. The Morgan fingerprint density at radius 3 is 2.67 bits per heavy atom. The predicted octanol–water partition coefficient (Wildman–Crippen LogP) is 2.07. The third-order valence-corrected chi connectivity index (χ3v) is 5.61. The molecule has 4 heterocycles. The van der Waals surface area contributed by atoms with E-state index in [2.05, 4.69) is 41.5 Å². The summed E-state index contributed by atoms with van der Waals surface area (Å²) in [6.45, 7) is 2.10. The summed E-state index contributed by atoms with van der Waals surface area (Å²) in [7, 11) is 0. The van der Waals surface area contributed by atoms with Crippen molar-refractivity contribution in [2.24, 2.45) is 5.92 Å². The van der Waals surface area contributed by atoms with E-state index < -0.39 is 0 Å². The van der Waals surface area contributed by atoms with Crippen molar-refractivity contribution in [3.8, 4) is 5.82 Å². The molecular formula is C21H22N8O. The average Bonchev–Trinajstić information content (AvgIpc) is 3.48. The Balaban J connectivity index is 1.15. The van der Waals surface area contributed by atoms with E-state index >= 15 is 0 Å². The zero-order valence-electron chi connectivity index (χ0n) is 16.4. The molecule has 2 N–H and O–H groups in total. The molecule has 1 amide bonds. The number of piperidine rings is 1. The van der Waals surface area contributed by atoms with E-state index in [0.717, 1.165) is 48.2 Å². The lowest BCUT2D eigenvalue weighted by atomic mass is 9.96. The Morgan fingerprint density at radius 2 is 1.90 bits per heavy atom. The zero-order valence-corrected chi connectivity index (χ0v) is 16.4. The molecule has 5 rings (SSSR count). The first-order valence-corrected chi connectivity index (χ1v) is 10.0. The number of carbonyl (C=O) groups is 1. The van der Waals surface area contributed by atoms with E-state index in [1.807, 2.05) is 36.5 Å². The van der Waals surface area contributed by atoms with Crippen LogP contribution in [0.4, 0.5) is 5.82 Å². The first kappa shape index (κ1) is 18.3. The molecule has 0 aliphatic carbocycles. The van der Waals surface area contributed by atoms with Gasteiger partial charge in [0.25, 0.3) is 0 Å². The van der Waals surface area contributed by atoms with Gasteiger partial charge in [0.05, 0.1) is 0 Å². The van der Waals surface area contributed by atoms with Gasteiger partial charge in [0, 0.05) is 42.7 Å². The maximum atomic E-state index is 12.7. The number of aromatic amines is 1. The second-order valence-corrected chi connectivity index (χ2v) is 7.43. The summed E-state index contributed by atoms with van der Waals surface area (Å²) >= 11 is 0. The van der Waals surface area contributed by atoms with Crippen molar-refractivity contribution in [2.75, 3.05) is 18.0 Å². The van der Waals surface area contributed by atoms with Gasteiger partial charge in [-0.2, -0.15) is 5.10 Å². The molecule has 1 saturated heterocycles. The van der Waals surface area contributed by atoms with E-state index in [4.69, 9.17) is 0 Å². The van der Waals surface area contributed by atoms with Crippen LogP contribution in [0.1, 0.15) is 18.4 Å². The van der Waals surface area contributed by atoms with E-state index in [0.29, 0.717) is 12.4 Å². The van der Waals surface area contributed by atoms with E-state index in [1.54, 1.807) is 11.0 Å². The number of carbonyl (C=O) groups excluding carboxylic acids is 1. The molecule has 30 heavy (non-hydrogen) atoms. The number of hydrogen-bond acceptors (Lipinski definition) is 6.